The van der Waals surface area contributed by atoms with Crippen molar-refractivity contribution in [1.29, 1.82) is 0 Å². The molecule has 0 unspecified atom stereocenters. The Bertz CT molecular complexity index is 1400. The first kappa shape index (κ1) is 25.9. The molecule has 206 valence electrons. The Morgan fingerprint density at radius 2 is 1.72 bits per heavy atom. The van der Waals surface area contributed by atoms with Gasteiger partial charge in [-0.2, -0.15) is 4.98 Å². The molecule has 5 heterocycles. The van der Waals surface area contributed by atoms with E-state index in [1.807, 2.05) is 19.2 Å². The van der Waals surface area contributed by atoms with Crippen LogP contribution in [0.15, 0.2) is 29.3 Å². The van der Waals surface area contributed by atoms with Crippen molar-refractivity contribution >= 4 is 34.3 Å². The number of aromatic nitrogens is 4. The highest BCUT2D eigenvalue weighted by Gasteiger charge is 2.27. The van der Waals surface area contributed by atoms with Crippen molar-refractivity contribution in [2.24, 2.45) is 0 Å². The quantitative estimate of drug-likeness (QED) is 0.463. The number of anilines is 3. The van der Waals surface area contributed by atoms with Crippen molar-refractivity contribution in [2.45, 2.75) is 64.5 Å². The number of hydrogen-bond donors (Lipinski definition) is 2. The SMILES string of the molecule is CC(=O)c1c(C)c2cnc(Nc3ccc(N4CCN(C5CCNCC5)CC4)cn3)nc2n(C2CCCC2)c1=O. The number of aryl methyl sites for hydroxylation is 1. The van der Waals surface area contributed by atoms with E-state index >= 15 is 0 Å². The smallest absolute Gasteiger partial charge is 0.263 e. The first-order chi connectivity index (χ1) is 19.0. The minimum atomic E-state index is -0.244. The van der Waals surface area contributed by atoms with E-state index in [9.17, 15) is 9.59 Å². The van der Waals surface area contributed by atoms with Gasteiger partial charge in [-0.25, -0.2) is 9.97 Å². The van der Waals surface area contributed by atoms with Gasteiger partial charge in [0.25, 0.3) is 5.56 Å². The average molecular weight is 531 g/mol. The first-order valence-electron chi connectivity index (χ1n) is 14.3. The largest absolute Gasteiger partial charge is 0.368 e. The molecule has 6 rings (SSSR count). The normalized spacial score (nSPS) is 19.6. The van der Waals surface area contributed by atoms with Crippen molar-refractivity contribution in [1.82, 2.24) is 29.7 Å². The Labute approximate surface area is 228 Å². The molecule has 39 heavy (non-hydrogen) atoms. The second-order valence-electron chi connectivity index (χ2n) is 11.1. The number of fused-ring (bicyclic) bond motifs is 1. The number of carbonyl (C=O) groups is 1. The summed E-state index contributed by atoms with van der Waals surface area (Å²) in [6.45, 7) is 9.70. The van der Waals surface area contributed by atoms with Crippen molar-refractivity contribution in [2.75, 3.05) is 49.5 Å². The van der Waals surface area contributed by atoms with Crippen LogP contribution in [0.4, 0.5) is 17.5 Å². The Morgan fingerprint density at radius 1 is 0.974 bits per heavy atom. The molecular formula is C29H38N8O2. The van der Waals surface area contributed by atoms with E-state index in [1.54, 1.807) is 10.8 Å². The highest BCUT2D eigenvalue weighted by Crippen LogP contribution is 2.32. The van der Waals surface area contributed by atoms with Gasteiger partial charge in [-0.1, -0.05) is 12.8 Å². The zero-order valence-electron chi connectivity index (χ0n) is 22.9. The van der Waals surface area contributed by atoms with E-state index in [0.717, 1.165) is 76.0 Å². The highest BCUT2D eigenvalue weighted by molar-refractivity contribution is 5.99. The van der Waals surface area contributed by atoms with Gasteiger partial charge in [0.15, 0.2) is 5.78 Å². The van der Waals surface area contributed by atoms with Crippen LogP contribution in [0.2, 0.25) is 0 Å². The number of ketones is 1. The van der Waals surface area contributed by atoms with E-state index in [4.69, 9.17) is 4.98 Å². The predicted octanol–water partition coefficient (Wildman–Crippen LogP) is 3.43. The van der Waals surface area contributed by atoms with Crippen LogP contribution in [0.25, 0.3) is 11.0 Å². The zero-order chi connectivity index (χ0) is 26.9. The monoisotopic (exact) mass is 530 g/mol. The van der Waals surface area contributed by atoms with Gasteiger partial charge in [0.05, 0.1) is 17.4 Å². The number of nitrogens with zero attached hydrogens (tertiary/aromatic N) is 6. The third kappa shape index (κ3) is 5.15. The molecule has 0 amide bonds. The molecule has 10 nitrogen and oxygen atoms in total. The Kier molecular flexibility index (Phi) is 7.31. The standard InChI is InChI=1S/C29H38N8O2/c1-19-24-18-32-29(34-27(24)37(22-5-3-4-6-22)28(39)26(19)20(2)38)33-25-8-7-23(17-31-25)36-15-13-35(14-16-36)21-9-11-30-12-10-21/h7-8,17-18,21-22,30H,3-6,9-16H2,1-2H3,(H,31,32,33,34). The second-order valence-corrected chi connectivity index (χ2v) is 11.1. The van der Waals surface area contributed by atoms with Crippen LogP contribution in [0, 0.1) is 6.92 Å². The maximum absolute atomic E-state index is 13.4. The van der Waals surface area contributed by atoms with E-state index in [0.29, 0.717) is 29.0 Å². The lowest BCUT2D eigenvalue weighted by molar-refractivity contribution is 0.101. The predicted molar refractivity (Wildman–Crippen MR) is 153 cm³/mol. The number of piperazine rings is 1. The number of Topliss-reactive ketones (excluding diaryl/α,β-unsaturated/α-hetero) is 1. The summed E-state index contributed by atoms with van der Waals surface area (Å²) in [7, 11) is 0. The molecule has 0 spiro atoms. The maximum Gasteiger partial charge on any atom is 0.263 e. The van der Waals surface area contributed by atoms with Crippen molar-refractivity contribution in [3.05, 3.63) is 46.0 Å². The van der Waals surface area contributed by atoms with Gasteiger partial charge in [-0.15, -0.1) is 0 Å². The van der Waals surface area contributed by atoms with Crippen LogP contribution in [0.5, 0.6) is 0 Å². The summed E-state index contributed by atoms with van der Waals surface area (Å²) >= 11 is 0. The molecule has 2 saturated heterocycles. The van der Waals surface area contributed by atoms with Gasteiger partial charge < -0.3 is 15.5 Å². The maximum atomic E-state index is 13.4. The van der Waals surface area contributed by atoms with E-state index < -0.39 is 0 Å². The fourth-order valence-electron chi connectivity index (χ4n) is 6.59. The Hall–Kier alpha value is -3.37. The number of carbonyl (C=O) groups excluding carboxylic acids is 1. The molecule has 2 N–H and O–H groups in total. The van der Waals surface area contributed by atoms with Crippen molar-refractivity contribution < 1.29 is 4.79 Å². The van der Waals surface area contributed by atoms with E-state index in [2.05, 4.69) is 36.5 Å². The summed E-state index contributed by atoms with van der Waals surface area (Å²) < 4.78 is 1.74. The molecule has 0 aromatic carbocycles. The van der Waals surface area contributed by atoms with Gasteiger partial charge in [-0.05, 0) is 70.3 Å². The number of nitrogens with one attached hydrogen (secondary N) is 2. The summed E-state index contributed by atoms with van der Waals surface area (Å²) in [6.07, 6.45) is 10.1. The summed E-state index contributed by atoms with van der Waals surface area (Å²) in [4.78, 5) is 44.8. The third-order valence-corrected chi connectivity index (χ3v) is 8.74. The minimum absolute atomic E-state index is 0.0501. The zero-order valence-corrected chi connectivity index (χ0v) is 22.9. The number of rotatable bonds is 6. The molecule has 3 fully saturated rings. The molecule has 1 saturated carbocycles. The van der Waals surface area contributed by atoms with Crippen LogP contribution < -0.4 is 21.1 Å². The molecule has 2 aliphatic heterocycles. The topological polar surface area (TPSA) is 108 Å². The van der Waals surface area contributed by atoms with E-state index in [1.165, 1.54) is 19.8 Å². The fraction of sp³-hybridized carbons (Fsp3) is 0.552. The minimum Gasteiger partial charge on any atom is -0.368 e. The summed E-state index contributed by atoms with van der Waals surface area (Å²) in [5.41, 5.74) is 2.34. The number of hydrogen-bond acceptors (Lipinski definition) is 9. The summed E-state index contributed by atoms with van der Waals surface area (Å²) in [5.74, 6) is 0.822. The third-order valence-electron chi connectivity index (χ3n) is 8.74. The molecule has 0 bridgehead atoms. The van der Waals surface area contributed by atoms with Crippen molar-refractivity contribution in [3.8, 4) is 0 Å². The molecule has 0 atom stereocenters. The highest BCUT2D eigenvalue weighted by atomic mass is 16.1. The van der Waals surface area contributed by atoms with Gasteiger partial charge in [0.2, 0.25) is 5.95 Å². The van der Waals surface area contributed by atoms with Gasteiger partial charge in [0.1, 0.15) is 11.5 Å². The van der Waals surface area contributed by atoms with Crippen LogP contribution in [0.3, 0.4) is 0 Å². The fourth-order valence-corrected chi connectivity index (χ4v) is 6.59. The van der Waals surface area contributed by atoms with Crippen LogP contribution in [-0.2, 0) is 0 Å². The molecule has 0 radical (unpaired) electrons. The van der Waals surface area contributed by atoms with E-state index in [-0.39, 0.29) is 22.9 Å². The molecule has 1 aliphatic carbocycles. The summed E-state index contributed by atoms with van der Waals surface area (Å²) in [6, 6.07) is 4.81. The average Bonchev–Trinajstić information content (AvgIpc) is 3.48. The summed E-state index contributed by atoms with van der Waals surface area (Å²) in [5, 5.41) is 7.42. The van der Waals surface area contributed by atoms with Crippen molar-refractivity contribution in [3.63, 3.8) is 0 Å². The lowest BCUT2D eigenvalue weighted by Gasteiger charge is -2.41. The molecular weight excluding hydrogens is 492 g/mol. The number of piperidine rings is 1. The molecule has 3 aromatic heterocycles. The molecule has 3 aromatic rings. The van der Waals surface area contributed by atoms with Gasteiger partial charge >= 0.3 is 0 Å². The van der Waals surface area contributed by atoms with Gasteiger partial charge in [-0.3, -0.25) is 19.1 Å². The second kappa shape index (κ2) is 11.0. The Morgan fingerprint density at radius 3 is 2.38 bits per heavy atom. The lowest BCUT2D eigenvalue weighted by atomic mass is 10.0. The number of pyridine rings is 2. The van der Waals surface area contributed by atoms with Gasteiger partial charge in [0, 0.05) is 49.8 Å². The first-order valence-corrected chi connectivity index (χ1v) is 14.3. The van der Waals surface area contributed by atoms with Crippen LogP contribution in [0.1, 0.15) is 67.4 Å². The molecule has 10 heteroatoms. The van der Waals surface area contributed by atoms with Crippen LogP contribution in [-0.4, -0.2) is 75.5 Å². The molecule has 3 aliphatic rings. The van der Waals surface area contributed by atoms with Crippen LogP contribution >= 0.6 is 0 Å². The Balaban J connectivity index is 1.20. The lowest BCUT2D eigenvalue weighted by Crippen LogP contribution is -2.52.